The predicted molar refractivity (Wildman–Crippen MR) is 111 cm³/mol. The highest BCUT2D eigenvalue weighted by molar-refractivity contribution is 7.89. The van der Waals surface area contributed by atoms with Crippen LogP contribution in [0.25, 0.3) is 0 Å². The Morgan fingerprint density at radius 1 is 1.10 bits per heavy atom. The predicted octanol–water partition coefficient (Wildman–Crippen LogP) is 4.55. The average Bonchev–Trinajstić information content (AvgIpc) is 2.65. The van der Waals surface area contributed by atoms with E-state index in [0.29, 0.717) is 18.8 Å². The quantitative estimate of drug-likeness (QED) is 0.636. The minimum absolute atomic E-state index is 0.0418. The molecule has 0 bridgehead atoms. The number of benzene rings is 2. The number of carbonyl (C=O) groups is 1. The van der Waals surface area contributed by atoms with Gasteiger partial charge in [0.15, 0.2) is 5.75 Å². The largest absolute Gasteiger partial charge is 0.455 e. The Bertz CT molecular complexity index is 994. The minimum Gasteiger partial charge on any atom is -0.455 e. The number of hydrogen-bond acceptors (Lipinski definition) is 4. The lowest BCUT2D eigenvalue weighted by atomic mass is 10.2. The number of allylic oxidation sites excluding steroid dienone is 1. The Kier molecular flexibility index (Phi) is 7.53. The van der Waals surface area contributed by atoms with Crippen LogP contribution in [0.5, 0.6) is 11.5 Å². The molecule has 0 atom stereocenters. The van der Waals surface area contributed by atoms with Crippen LogP contribution in [0.3, 0.4) is 0 Å². The number of amides is 1. The van der Waals surface area contributed by atoms with Crippen molar-refractivity contribution in [3.8, 4) is 11.5 Å². The second-order valence-electron chi connectivity index (χ2n) is 6.51. The van der Waals surface area contributed by atoms with Crippen molar-refractivity contribution in [1.82, 2.24) is 4.31 Å². The van der Waals surface area contributed by atoms with Gasteiger partial charge in [0.1, 0.15) is 11.6 Å². The van der Waals surface area contributed by atoms with E-state index in [0.717, 1.165) is 5.57 Å². The van der Waals surface area contributed by atoms with Crippen LogP contribution in [0.4, 0.5) is 10.1 Å². The van der Waals surface area contributed by atoms with Crippen molar-refractivity contribution in [3.63, 3.8) is 0 Å². The summed E-state index contributed by atoms with van der Waals surface area (Å²) in [5.41, 5.74) is 0.987. The summed E-state index contributed by atoms with van der Waals surface area (Å²) < 4.78 is 45.9. The van der Waals surface area contributed by atoms with Gasteiger partial charge in [0.25, 0.3) is 0 Å². The van der Waals surface area contributed by atoms with E-state index in [4.69, 9.17) is 4.74 Å². The van der Waals surface area contributed by atoms with Crippen molar-refractivity contribution in [1.29, 1.82) is 0 Å². The van der Waals surface area contributed by atoms with Crippen molar-refractivity contribution in [2.45, 2.75) is 32.6 Å². The third-order valence-corrected chi connectivity index (χ3v) is 6.06. The highest BCUT2D eigenvalue weighted by Crippen LogP contribution is 2.33. The molecule has 0 heterocycles. The van der Waals surface area contributed by atoms with E-state index >= 15 is 0 Å². The first-order valence-corrected chi connectivity index (χ1v) is 10.6. The van der Waals surface area contributed by atoms with E-state index in [-0.39, 0.29) is 16.3 Å². The number of ether oxygens (including phenoxy) is 1. The molecule has 0 aliphatic rings. The average molecular weight is 421 g/mol. The van der Waals surface area contributed by atoms with Crippen molar-refractivity contribution in [2.24, 2.45) is 0 Å². The first kappa shape index (κ1) is 22.6. The number of hydrogen-bond donors (Lipinski definition) is 1. The maximum atomic E-state index is 13.1. The fraction of sp³-hybridized carbons (Fsp3) is 0.286. The summed E-state index contributed by atoms with van der Waals surface area (Å²) in [7, 11) is -3.72. The Morgan fingerprint density at radius 3 is 2.28 bits per heavy atom. The van der Waals surface area contributed by atoms with Gasteiger partial charge in [-0.1, -0.05) is 19.4 Å². The number of halogens is 1. The van der Waals surface area contributed by atoms with Crippen LogP contribution in [-0.2, 0) is 14.8 Å². The third-order valence-electron chi connectivity index (χ3n) is 4.01. The summed E-state index contributed by atoms with van der Waals surface area (Å²) in [6, 6.07) is 9.63. The first-order chi connectivity index (χ1) is 13.7. The molecule has 0 saturated heterocycles. The SMILES string of the molecule is CCN(CC)S(=O)(=O)c1ccc(Oc2ccc(F)cc2)c(NC(=O)C=C(C)C)c1. The fourth-order valence-corrected chi connectivity index (χ4v) is 4.11. The maximum Gasteiger partial charge on any atom is 0.248 e. The number of anilines is 1. The first-order valence-electron chi connectivity index (χ1n) is 9.20. The zero-order chi connectivity index (χ0) is 21.6. The molecule has 2 aromatic rings. The van der Waals surface area contributed by atoms with Crippen molar-refractivity contribution >= 4 is 21.6 Å². The second-order valence-corrected chi connectivity index (χ2v) is 8.45. The molecule has 0 aliphatic heterocycles. The Balaban J connectivity index is 2.48. The molecule has 0 fully saturated rings. The lowest BCUT2D eigenvalue weighted by molar-refractivity contribution is -0.112. The van der Waals surface area contributed by atoms with Gasteiger partial charge in [0, 0.05) is 19.2 Å². The molecular weight excluding hydrogens is 395 g/mol. The number of carbonyl (C=O) groups excluding carboxylic acids is 1. The van der Waals surface area contributed by atoms with Crippen LogP contribution in [0.2, 0.25) is 0 Å². The smallest absolute Gasteiger partial charge is 0.248 e. The van der Waals surface area contributed by atoms with Gasteiger partial charge >= 0.3 is 0 Å². The van der Waals surface area contributed by atoms with Crippen molar-refractivity contribution < 1.29 is 22.3 Å². The van der Waals surface area contributed by atoms with Crippen LogP contribution in [0.15, 0.2) is 59.0 Å². The molecule has 0 radical (unpaired) electrons. The normalized spacial score (nSPS) is 11.2. The topological polar surface area (TPSA) is 75.7 Å². The van der Waals surface area contributed by atoms with Crippen LogP contribution < -0.4 is 10.1 Å². The fourth-order valence-electron chi connectivity index (χ4n) is 2.63. The molecule has 0 aromatic heterocycles. The summed E-state index contributed by atoms with van der Waals surface area (Å²) in [5.74, 6) is -0.226. The van der Waals surface area contributed by atoms with Gasteiger partial charge in [-0.15, -0.1) is 0 Å². The van der Waals surface area contributed by atoms with Gasteiger partial charge in [-0.05, 0) is 56.3 Å². The second kappa shape index (κ2) is 9.67. The van der Waals surface area contributed by atoms with Gasteiger partial charge in [-0.2, -0.15) is 4.31 Å². The molecule has 2 rings (SSSR count). The molecule has 156 valence electrons. The molecule has 0 aliphatic carbocycles. The zero-order valence-electron chi connectivity index (χ0n) is 16.9. The van der Waals surface area contributed by atoms with E-state index in [1.165, 1.54) is 52.8 Å². The summed E-state index contributed by atoms with van der Waals surface area (Å²) in [4.78, 5) is 12.3. The summed E-state index contributed by atoms with van der Waals surface area (Å²) >= 11 is 0. The number of nitrogens with zero attached hydrogens (tertiary/aromatic N) is 1. The summed E-state index contributed by atoms with van der Waals surface area (Å²) in [6.07, 6.45) is 1.40. The van der Waals surface area contributed by atoms with Gasteiger partial charge in [0.2, 0.25) is 15.9 Å². The number of nitrogens with one attached hydrogen (secondary N) is 1. The molecule has 0 spiro atoms. The Hall–Kier alpha value is -2.71. The van der Waals surface area contributed by atoms with Gasteiger partial charge in [-0.3, -0.25) is 4.79 Å². The molecular formula is C21H25FN2O4S. The molecule has 1 amide bonds. The minimum atomic E-state index is -3.72. The molecule has 6 nitrogen and oxygen atoms in total. The molecule has 2 aromatic carbocycles. The molecule has 29 heavy (non-hydrogen) atoms. The molecule has 0 unspecified atom stereocenters. The van der Waals surface area contributed by atoms with Gasteiger partial charge in [-0.25, -0.2) is 12.8 Å². The van der Waals surface area contributed by atoms with Crippen LogP contribution >= 0.6 is 0 Å². The monoisotopic (exact) mass is 420 g/mol. The van der Waals surface area contributed by atoms with Crippen LogP contribution in [0.1, 0.15) is 27.7 Å². The standard InChI is InChI=1S/C21H25FN2O4S/c1-5-24(6-2)29(26,27)18-11-12-20(28-17-9-7-16(22)8-10-17)19(14-18)23-21(25)13-15(3)4/h7-14H,5-6H2,1-4H3,(H,23,25). The highest BCUT2D eigenvalue weighted by atomic mass is 32.2. The molecule has 0 saturated carbocycles. The lowest BCUT2D eigenvalue weighted by Crippen LogP contribution is -2.30. The van der Waals surface area contributed by atoms with Crippen LogP contribution in [0, 0.1) is 5.82 Å². The highest BCUT2D eigenvalue weighted by Gasteiger charge is 2.23. The van der Waals surface area contributed by atoms with E-state index in [9.17, 15) is 17.6 Å². The van der Waals surface area contributed by atoms with Crippen molar-refractivity contribution in [3.05, 3.63) is 59.9 Å². The van der Waals surface area contributed by atoms with E-state index < -0.39 is 21.7 Å². The van der Waals surface area contributed by atoms with Crippen LogP contribution in [-0.4, -0.2) is 31.7 Å². The maximum absolute atomic E-state index is 13.1. The summed E-state index contributed by atoms with van der Waals surface area (Å²) in [5, 5.41) is 2.66. The van der Waals surface area contributed by atoms with E-state index in [1.807, 2.05) is 0 Å². The van der Waals surface area contributed by atoms with Gasteiger partial charge < -0.3 is 10.1 Å². The number of rotatable bonds is 8. The third kappa shape index (κ3) is 5.88. The van der Waals surface area contributed by atoms with Crippen molar-refractivity contribution in [2.75, 3.05) is 18.4 Å². The molecule has 8 heteroatoms. The molecule has 1 N–H and O–H groups in total. The Morgan fingerprint density at radius 2 is 1.72 bits per heavy atom. The van der Waals surface area contributed by atoms with E-state index in [1.54, 1.807) is 27.7 Å². The van der Waals surface area contributed by atoms with Gasteiger partial charge in [0.05, 0.1) is 10.6 Å². The summed E-state index contributed by atoms with van der Waals surface area (Å²) in [6.45, 7) is 7.71. The van der Waals surface area contributed by atoms with E-state index in [2.05, 4.69) is 5.32 Å². The Labute approximate surface area is 171 Å². The number of sulfonamides is 1. The lowest BCUT2D eigenvalue weighted by Gasteiger charge is -2.20. The zero-order valence-corrected chi connectivity index (χ0v) is 17.7.